The predicted octanol–water partition coefficient (Wildman–Crippen LogP) is 2.25. The first-order valence-electron chi connectivity index (χ1n) is 7.97. The van der Waals surface area contributed by atoms with E-state index >= 15 is 0 Å². The van der Waals surface area contributed by atoms with Crippen LogP contribution in [0.1, 0.15) is 27.2 Å². The van der Waals surface area contributed by atoms with E-state index < -0.39 is 5.91 Å². The Balaban J connectivity index is 1.81. The third kappa shape index (κ3) is 3.41. The van der Waals surface area contributed by atoms with Crippen molar-refractivity contribution in [2.24, 2.45) is 5.10 Å². The topological polar surface area (TPSA) is 99.5 Å². The zero-order valence-electron chi connectivity index (χ0n) is 14.4. The van der Waals surface area contributed by atoms with Gasteiger partial charge in [0.1, 0.15) is 5.75 Å². The van der Waals surface area contributed by atoms with Crippen LogP contribution >= 0.6 is 0 Å². The van der Waals surface area contributed by atoms with Crippen molar-refractivity contribution in [1.82, 2.24) is 15.2 Å². The quantitative estimate of drug-likeness (QED) is 0.497. The van der Waals surface area contributed by atoms with Crippen molar-refractivity contribution in [1.29, 1.82) is 0 Å². The van der Waals surface area contributed by atoms with E-state index in [1.165, 1.54) is 35.2 Å². The molecule has 7 heteroatoms. The number of aromatic nitrogens is 2. The molecule has 1 amide bonds. The number of benzene rings is 2. The fourth-order valence-corrected chi connectivity index (χ4v) is 2.53. The largest absolute Gasteiger partial charge is 0.508 e. The minimum absolute atomic E-state index is 0.0738. The van der Waals surface area contributed by atoms with Crippen LogP contribution in [0.15, 0.2) is 58.4 Å². The zero-order valence-corrected chi connectivity index (χ0v) is 14.4. The Morgan fingerprint density at radius 2 is 1.85 bits per heavy atom. The number of carbonyl (C=O) groups is 1. The number of rotatable bonds is 4. The first-order chi connectivity index (χ1) is 12.5. The average Bonchev–Trinajstić information content (AvgIpc) is 2.90. The molecule has 0 bridgehead atoms. The van der Waals surface area contributed by atoms with Crippen molar-refractivity contribution in [2.75, 3.05) is 0 Å². The zero-order chi connectivity index (χ0) is 18.7. The highest BCUT2D eigenvalue weighted by atomic mass is 16.3. The summed E-state index contributed by atoms with van der Waals surface area (Å²) >= 11 is 0. The normalized spacial score (nSPS) is 11.0. The highest BCUT2D eigenvalue weighted by molar-refractivity contribution is 5.95. The number of nitrogens with one attached hydrogen (secondary N) is 2. The standard InChI is InChI=1S/C19H18N4O3/c1-12-5-3-4-6-17(12)23-19(26)16(13(2)22-23)11-20-21-18(25)14-7-9-15(24)10-8-14/h3-11,22,24H,1-2H3,(H,21,25). The van der Waals surface area contributed by atoms with Gasteiger partial charge in [0, 0.05) is 11.3 Å². The fourth-order valence-electron chi connectivity index (χ4n) is 2.53. The molecule has 0 atom stereocenters. The predicted molar refractivity (Wildman–Crippen MR) is 99.0 cm³/mol. The number of carbonyl (C=O) groups excluding carboxylic acids is 1. The van der Waals surface area contributed by atoms with Crippen LogP contribution < -0.4 is 11.0 Å². The van der Waals surface area contributed by atoms with E-state index in [9.17, 15) is 14.7 Å². The third-order valence-corrected chi connectivity index (χ3v) is 3.96. The molecule has 1 aromatic heterocycles. The molecule has 3 aromatic rings. The van der Waals surface area contributed by atoms with Gasteiger partial charge in [0.25, 0.3) is 11.5 Å². The lowest BCUT2D eigenvalue weighted by molar-refractivity contribution is 0.0955. The van der Waals surface area contributed by atoms with Crippen molar-refractivity contribution in [3.8, 4) is 11.4 Å². The van der Waals surface area contributed by atoms with Crippen LogP contribution in [-0.2, 0) is 0 Å². The molecule has 7 nitrogen and oxygen atoms in total. The number of H-pyrrole nitrogens is 1. The number of aromatic amines is 1. The minimum Gasteiger partial charge on any atom is -0.508 e. The summed E-state index contributed by atoms with van der Waals surface area (Å²) in [4.78, 5) is 24.6. The van der Waals surface area contributed by atoms with Crippen LogP contribution in [0.5, 0.6) is 5.75 Å². The SMILES string of the molecule is Cc1ccccc1-n1[nH]c(C)c(C=NNC(=O)c2ccc(O)cc2)c1=O. The van der Waals surface area contributed by atoms with Gasteiger partial charge in [-0.2, -0.15) is 5.10 Å². The van der Waals surface area contributed by atoms with E-state index in [0.29, 0.717) is 16.8 Å². The van der Waals surface area contributed by atoms with Crippen LogP contribution in [0, 0.1) is 13.8 Å². The van der Waals surface area contributed by atoms with Crippen molar-refractivity contribution < 1.29 is 9.90 Å². The molecular formula is C19H18N4O3. The summed E-state index contributed by atoms with van der Waals surface area (Å²) < 4.78 is 1.45. The number of hydrogen-bond acceptors (Lipinski definition) is 4. The summed E-state index contributed by atoms with van der Waals surface area (Å²) in [6.07, 6.45) is 1.32. The molecule has 0 aliphatic rings. The van der Waals surface area contributed by atoms with E-state index in [0.717, 1.165) is 11.3 Å². The first kappa shape index (κ1) is 17.2. The van der Waals surface area contributed by atoms with E-state index in [-0.39, 0.29) is 11.3 Å². The molecule has 0 spiro atoms. The molecule has 0 aliphatic heterocycles. The lowest BCUT2D eigenvalue weighted by Gasteiger charge is -2.04. The molecule has 0 saturated carbocycles. The van der Waals surface area contributed by atoms with Gasteiger partial charge in [-0.15, -0.1) is 0 Å². The Kier molecular flexibility index (Phi) is 4.70. The number of amides is 1. The number of hydrazone groups is 1. The number of aryl methyl sites for hydroxylation is 2. The van der Waals surface area contributed by atoms with E-state index in [4.69, 9.17) is 0 Å². The van der Waals surface area contributed by atoms with Gasteiger partial charge in [-0.25, -0.2) is 10.1 Å². The van der Waals surface area contributed by atoms with Gasteiger partial charge in [-0.1, -0.05) is 18.2 Å². The Morgan fingerprint density at radius 3 is 2.54 bits per heavy atom. The van der Waals surface area contributed by atoms with Gasteiger partial charge in [0.15, 0.2) is 0 Å². The molecule has 3 rings (SSSR count). The number of phenolic OH excluding ortho intramolecular Hbond substituents is 1. The van der Waals surface area contributed by atoms with Crippen molar-refractivity contribution in [3.05, 3.63) is 81.3 Å². The third-order valence-electron chi connectivity index (χ3n) is 3.96. The number of hydrogen-bond donors (Lipinski definition) is 3. The average molecular weight is 350 g/mol. The summed E-state index contributed by atoms with van der Waals surface area (Å²) in [7, 11) is 0. The molecule has 0 radical (unpaired) electrons. The monoisotopic (exact) mass is 350 g/mol. The summed E-state index contributed by atoms with van der Waals surface area (Å²) in [6.45, 7) is 3.68. The van der Waals surface area contributed by atoms with Gasteiger partial charge < -0.3 is 5.11 Å². The van der Waals surface area contributed by atoms with Crippen LogP contribution in [0.4, 0.5) is 0 Å². The van der Waals surface area contributed by atoms with Crippen LogP contribution in [0.25, 0.3) is 5.69 Å². The second-order valence-electron chi connectivity index (χ2n) is 5.82. The first-order valence-corrected chi connectivity index (χ1v) is 7.97. The van der Waals surface area contributed by atoms with Gasteiger partial charge in [0.2, 0.25) is 0 Å². The number of aromatic hydroxyl groups is 1. The van der Waals surface area contributed by atoms with E-state index in [1.54, 1.807) is 6.92 Å². The Labute approximate surface area is 149 Å². The van der Waals surface area contributed by atoms with Crippen LogP contribution in [0.2, 0.25) is 0 Å². The molecule has 0 saturated heterocycles. The van der Waals surface area contributed by atoms with Gasteiger partial charge in [-0.05, 0) is 49.7 Å². The highest BCUT2D eigenvalue weighted by Crippen LogP contribution is 2.12. The van der Waals surface area contributed by atoms with Crippen molar-refractivity contribution >= 4 is 12.1 Å². The molecule has 26 heavy (non-hydrogen) atoms. The van der Waals surface area contributed by atoms with Crippen molar-refractivity contribution in [2.45, 2.75) is 13.8 Å². The number of phenols is 1. The van der Waals surface area contributed by atoms with Gasteiger partial charge >= 0.3 is 0 Å². The molecule has 132 valence electrons. The molecule has 0 unspecified atom stereocenters. The van der Waals surface area contributed by atoms with Gasteiger partial charge in [-0.3, -0.25) is 14.7 Å². The van der Waals surface area contributed by atoms with Gasteiger partial charge in [0.05, 0.1) is 17.5 Å². The van der Waals surface area contributed by atoms with E-state index in [2.05, 4.69) is 15.6 Å². The maximum atomic E-state index is 12.6. The number of para-hydroxylation sites is 1. The summed E-state index contributed by atoms with van der Waals surface area (Å²) in [5.41, 5.74) is 5.18. The summed E-state index contributed by atoms with van der Waals surface area (Å²) in [5, 5.41) is 16.1. The van der Waals surface area contributed by atoms with Crippen molar-refractivity contribution in [3.63, 3.8) is 0 Å². The molecule has 2 aromatic carbocycles. The summed E-state index contributed by atoms with van der Waals surface area (Å²) in [6, 6.07) is 13.3. The fraction of sp³-hybridized carbons (Fsp3) is 0.105. The Bertz CT molecular complexity index is 1030. The summed E-state index contributed by atoms with van der Waals surface area (Å²) in [5.74, 6) is -0.363. The highest BCUT2D eigenvalue weighted by Gasteiger charge is 2.12. The number of nitrogens with zero attached hydrogens (tertiary/aromatic N) is 2. The Morgan fingerprint density at radius 1 is 1.15 bits per heavy atom. The Hall–Kier alpha value is -3.61. The molecular weight excluding hydrogens is 332 g/mol. The smallest absolute Gasteiger partial charge is 0.280 e. The molecule has 0 fully saturated rings. The van der Waals surface area contributed by atoms with E-state index in [1.807, 2.05) is 31.2 Å². The van der Waals surface area contributed by atoms with Crippen LogP contribution in [-0.4, -0.2) is 27.0 Å². The maximum Gasteiger partial charge on any atom is 0.280 e. The molecule has 3 N–H and O–H groups in total. The lowest BCUT2D eigenvalue weighted by atomic mass is 10.2. The van der Waals surface area contributed by atoms with Crippen LogP contribution in [0.3, 0.4) is 0 Å². The minimum atomic E-state index is -0.436. The maximum absolute atomic E-state index is 12.6. The molecule has 1 heterocycles. The molecule has 0 aliphatic carbocycles. The lowest BCUT2D eigenvalue weighted by Crippen LogP contribution is -2.20. The second kappa shape index (κ2) is 7.10. The second-order valence-corrected chi connectivity index (χ2v) is 5.82.